The zero-order valence-corrected chi connectivity index (χ0v) is 17.9. The number of rotatable bonds is 8. The van der Waals surface area contributed by atoms with Crippen molar-refractivity contribution in [2.45, 2.75) is 26.1 Å². The summed E-state index contributed by atoms with van der Waals surface area (Å²) in [6.07, 6.45) is 0. The number of methoxy groups -OCH3 is 1. The summed E-state index contributed by atoms with van der Waals surface area (Å²) < 4.78 is 10.4. The third-order valence-corrected chi connectivity index (χ3v) is 3.62. The summed E-state index contributed by atoms with van der Waals surface area (Å²) in [5, 5.41) is 3.04. The first-order valence-electron chi connectivity index (χ1n) is 8.44. The number of benzene rings is 2. The molecule has 0 bridgehead atoms. The minimum atomic E-state index is -0.362. The van der Waals surface area contributed by atoms with E-state index in [1.54, 1.807) is 25.3 Å². The zero-order chi connectivity index (χ0) is 18.8. The van der Waals surface area contributed by atoms with Gasteiger partial charge in [-0.15, -0.1) is 24.0 Å². The maximum atomic E-state index is 12.2. The second-order valence-corrected chi connectivity index (χ2v) is 5.96. The number of esters is 1. The van der Waals surface area contributed by atoms with E-state index in [0.717, 1.165) is 11.1 Å². The van der Waals surface area contributed by atoms with Gasteiger partial charge in [-0.25, -0.2) is 9.79 Å². The Morgan fingerprint density at radius 1 is 1.15 bits per heavy atom. The molecular weight excluding hydrogens is 457 g/mol. The van der Waals surface area contributed by atoms with Gasteiger partial charge in [0.25, 0.3) is 0 Å². The van der Waals surface area contributed by atoms with E-state index in [0.29, 0.717) is 24.7 Å². The highest BCUT2D eigenvalue weighted by Crippen LogP contribution is 2.10. The van der Waals surface area contributed by atoms with Crippen molar-refractivity contribution in [2.75, 3.05) is 13.7 Å². The fraction of sp³-hybridized carbons (Fsp3) is 0.300. The summed E-state index contributed by atoms with van der Waals surface area (Å²) in [4.78, 5) is 16.5. The zero-order valence-electron chi connectivity index (χ0n) is 15.6. The van der Waals surface area contributed by atoms with Crippen LogP contribution < -0.4 is 11.1 Å². The number of nitrogens with zero attached hydrogens (tertiary/aromatic N) is 1. The van der Waals surface area contributed by atoms with Crippen LogP contribution in [0.4, 0.5) is 0 Å². The SMILES string of the molecule is COCC(C)NC(N)=NCc1cccc(C(=O)OCc2ccccc2)c1.I. The Labute approximate surface area is 177 Å². The monoisotopic (exact) mass is 483 g/mol. The van der Waals surface area contributed by atoms with E-state index < -0.39 is 0 Å². The molecule has 0 radical (unpaired) electrons. The van der Waals surface area contributed by atoms with E-state index >= 15 is 0 Å². The van der Waals surface area contributed by atoms with Gasteiger partial charge in [-0.1, -0.05) is 42.5 Å². The van der Waals surface area contributed by atoms with E-state index in [9.17, 15) is 4.79 Å². The van der Waals surface area contributed by atoms with Crippen molar-refractivity contribution in [3.63, 3.8) is 0 Å². The lowest BCUT2D eigenvalue weighted by molar-refractivity contribution is 0.0472. The molecule has 2 rings (SSSR count). The molecule has 1 atom stereocenters. The molecular formula is C20H26IN3O3. The maximum Gasteiger partial charge on any atom is 0.338 e. The van der Waals surface area contributed by atoms with Gasteiger partial charge in [-0.05, 0) is 30.2 Å². The van der Waals surface area contributed by atoms with E-state index in [1.807, 2.05) is 43.3 Å². The Bertz CT molecular complexity index is 738. The predicted molar refractivity (Wildman–Crippen MR) is 117 cm³/mol. The lowest BCUT2D eigenvalue weighted by atomic mass is 10.1. The molecule has 0 spiro atoms. The highest BCUT2D eigenvalue weighted by molar-refractivity contribution is 14.0. The van der Waals surface area contributed by atoms with Crippen LogP contribution in [-0.2, 0) is 22.6 Å². The first-order chi connectivity index (χ1) is 12.6. The molecule has 0 amide bonds. The summed E-state index contributed by atoms with van der Waals surface area (Å²) in [6.45, 7) is 3.11. The van der Waals surface area contributed by atoms with Crippen LogP contribution >= 0.6 is 24.0 Å². The topological polar surface area (TPSA) is 85.9 Å². The lowest BCUT2D eigenvalue weighted by Gasteiger charge is -2.13. The number of aliphatic imine (C=N–C) groups is 1. The van der Waals surface area contributed by atoms with Crippen molar-refractivity contribution in [3.05, 3.63) is 71.3 Å². The Balaban J connectivity index is 0.00000364. The van der Waals surface area contributed by atoms with Crippen molar-refractivity contribution in [2.24, 2.45) is 10.7 Å². The van der Waals surface area contributed by atoms with Crippen LogP contribution in [0, 0.1) is 0 Å². The lowest BCUT2D eigenvalue weighted by Crippen LogP contribution is -2.40. The molecule has 0 fully saturated rings. The van der Waals surface area contributed by atoms with E-state index in [1.165, 1.54) is 0 Å². The van der Waals surface area contributed by atoms with Gasteiger partial charge in [0.05, 0.1) is 18.7 Å². The molecule has 0 saturated heterocycles. The van der Waals surface area contributed by atoms with Gasteiger partial charge in [0.1, 0.15) is 6.61 Å². The predicted octanol–water partition coefficient (Wildman–Crippen LogP) is 3.10. The second-order valence-electron chi connectivity index (χ2n) is 5.96. The van der Waals surface area contributed by atoms with Crippen LogP contribution in [0.3, 0.4) is 0 Å². The van der Waals surface area contributed by atoms with Crippen LogP contribution in [0.25, 0.3) is 0 Å². The molecule has 0 heterocycles. The fourth-order valence-electron chi connectivity index (χ4n) is 2.37. The number of carbonyl (C=O) groups excluding carboxylic acids is 1. The Morgan fingerprint density at radius 3 is 2.56 bits per heavy atom. The van der Waals surface area contributed by atoms with Gasteiger partial charge >= 0.3 is 5.97 Å². The minimum Gasteiger partial charge on any atom is -0.457 e. The number of carbonyl (C=O) groups is 1. The standard InChI is InChI=1S/C20H25N3O3.HI/c1-15(13-25-2)23-20(21)22-12-17-9-6-10-18(11-17)19(24)26-14-16-7-4-3-5-8-16;/h3-11,15H,12-14H2,1-2H3,(H3,21,22,23);1H. The van der Waals surface area contributed by atoms with Crippen LogP contribution in [0.15, 0.2) is 59.6 Å². The quantitative estimate of drug-likeness (QED) is 0.261. The minimum absolute atomic E-state index is 0. The largest absolute Gasteiger partial charge is 0.457 e. The molecule has 0 aromatic heterocycles. The summed E-state index contributed by atoms with van der Waals surface area (Å²) in [5.41, 5.74) is 8.18. The molecule has 146 valence electrons. The first-order valence-corrected chi connectivity index (χ1v) is 8.44. The van der Waals surface area contributed by atoms with E-state index in [-0.39, 0.29) is 42.6 Å². The van der Waals surface area contributed by atoms with Gasteiger partial charge in [0.15, 0.2) is 5.96 Å². The number of hydrogen-bond donors (Lipinski definition) is 2. The summed E-state index contributed by atoms with van der Waals surface area (Å²) in [5.74, 6) is -0.0221. The number of nitrogens with one attached hydrogen (secondary N) is 1. The molecule has 2 aromatic rings. The van der Waals surface area contributed by atoms with E-state index in [2.05, 4.69) is 10.3 Å². The molecule has 6 nitrogen and oxygen atoms in total. The van der Waals surface area contributed by atoms with Crippen molar-refractivity contribution < 1.29 is 14.3 Å². The third kappa shape index (κ3) is 8.40. The fourth-order valence-corrected chi connectivity index (χ4v) is 2.37. The van der Waals surface area contributed by atoms with Crippen LogP contribution in [0.1, 0.15) is 28.4 Å². The van der Waals surface area contributed by atoms with Crippen molar-refractivity contribution in [1.82, 2.24) is 5.32 Å². The van der Waals surface area contributed by atoms with Crippen molar-refractivity contribution in [3.8, 4) is 0 Å². The maximum absolute atomic E-state index is 12.2. The molecule has 1 unspecified atom stereocenters. The Hall–Kier alpha value is -2.13. The van der Waals surface area contributed by atoms with Gasteiger partial charge in [-0.3, -0.25) is 0 Å². The molecule has 0 saturated carbocycles. The molecule has 27 heavy (non-hydrogen) atoms. The van der Waals surface area contributed by atoms with Crippen LogP contribution in [-0.4, -0.2) is 31.7 Å². The highest BCUT2D eigenvalue weighted by atomic mass is 127. The van der Waals surface area contributed by atoms with E-state index in [4.69, 9.17) is 15.2 Å². The number of nitrogens with two attached hydrogens (primary N) is 1. The summed E-state index contributed by atoms with van der Waals surface area (Å²) in [7, 11) is 1.63. The van der Waals surface area contributed by atoms with Gasteiger partial charge < -0.3 is 20.5 Å². The molecule has 0 aliphatic rings. The number of halogens is 1. The smallest absolute Gasteiger partial charge is 0.338 e. The second kappa shape index (κ2) is 12.3. The third-order valence-electron chi connectivity index (χ3n) is 3.62. The van der Waals surface area contributed by atoms with Gasteiger partial charge in [0.2, 0.25) is 0 Å². The number of hydrogen-bond acceptors (Lipinski definition) is 4. The van der Waals surface area contributed by atoms with Gasteiger partial charge in [0, 0.05) is 13.2 Å². The van der Waals surface area contributed by atoms with Gasteiger partial charge in [-0.2, -0.15) is 0 Å². The van der Waals surface area contributed by atoms with Crippen molar-refractivity contribution >= 4 is 35.9 Å². The summed E-state index contributed by atoms with van der Waals surface area (Å²) in [6, 6.07) is 16.8. The number of ether oxygens (including phenoxy) is 2. The normalized spacial score (nSPS) is 12.0. The molecule has 0 aliphatic heterocycles. The summed E-state index contributed by atoms with van der Waals surface area (Å²) >= 11 is 0. The average molecular weight is 483 g/mol. The first kappa shape index (κ1) is 22.9. The molecule has 0 aliphatic carbocycles. The Morgan fingerprint density at radius 2 is 1.85 bits per heavy atom. The van der Waals surface area contributed by atoms with Crippen LogP contribution in [0.5, 0.6) is 0 Å². The molecule has 2 aromatic carbocycles. The van der Waals surface area contributed by atoms with Crippen molar-refractivity contribution in [1.29, 1.82) is 0 Å². The molecule has 3 N–H and O–H groups in total. The number of guanidine groups is 1. The Kier molecular flexibility index (Phi) is 10.4. The van der Waals surface area contributed by atoms with Crippen LogP contribution in [0.2, 0.25) is 0 Å². The highest BCUT2D eigenvalue weighted by Gasteiger charge is 2.08. The average Bonchev–Trinajstić information content (AvgIpc) is 2.65. The molecule has 7 heteroatoms.